The summed E-state index contributed by atoms with van der Waals surface area (Å²) >= 11 is 0. The van der Waals surface area contributed by atoms with Crippen molar-refractivity contribution in [1.29, 1.82) is 0 Å². The van der Waals surface area contributed by atoms with Gasteiger partial charge in [-0.1, -0.05) is 24.3 Å². The van der Waals surface area contributed by atoms with Gasteiger partial charge in [0.2, 0.25) is 0 Å². The second kappa shape index (κ2) is 12.3. The SMILES string of the molecule is CN(C)CCc1cc(-c2nccc3c(C[C@H](NC(=O)c4c(F)cccc4F)C(=O)O)cccc23)c(=O)n(C)c1C(F)(F)F. The van der Waals surface area contributed by atoms with Crippen molar-refractivity contribution in [3.05, 3.63) is 99.1 Å². The Morgan fingerprint density at radius 2 is 1.67 bits per heavy atom. The molecule has 0 aliphatic rings. The zero-order valence-corrected chi connectivity index (χ0v) is 23.3. The van der Waals surface area contributed by atoms with E-state index < -0.39 is 52.5 Å². The molecule has 8 nitrogen and oxygen atoms in total. The van der Waals surface area contributed by atoms with Crippen molar-refractivity contribution >= 4 is 22.6 Å². The summed E-state index contributed by atoms with van der Waals surface area (Å²) in [5.41, 5.74) is -2.62. The number of hydrogen-bond acceptors (Lipinski definition) is 5. The number of alkyl halides is 3. The Morgan fingerprint density at radius 1 is 1.02 bits per heavy atom. The molecule has 0 bridgehead atoms. The number of carboxylic acids is 1. The van der Waals surface area contributed by atoms with Crippen LogP contribution >= 0.6 is 0 Å². The molecule has 43 heavy (non-hydrogen) atoms. The molecule has 0 fully saturated rings. The number of pyridine rings is 2. The minimum Gasteiger partial charge on any atom is -0.480 e. The number of carboxylic acid groups (broad SMARTS) is 1. The summed E-state index contributed by atoms with van der Waals surface area (Å²) in [6.07, 6.45) is -3.77. The van der Waals surface area contributed by atoms with Crippen LogP contribution in [0.25, 0.3) is 22.0 Å². The van der Waals surface area contributed by atoms with Crippen LogP contribution in [-0.4, -0.2) is 58.1 Å². The number of benzene rings is 2. The molecule has 0 saturated heterocycles. The number of likely N-dealkylation sites (N-methyl/N-ethyl adjacent to an activating group) is 1. The Morgan fingerprint density at radius 3 is 2.28 bits per heavy atom. The summed E-state index contributed by atoms with van der Waals surface area (Å²) in [5, 5.41) is 12.7. The highest BCUT2D eigenvalue weighted by atomic mass is 19.4. The lowest BCUT2D eigenvalue weighted by Gasteiger charge is -2.20. The molecule has 0 saturated carbocycles. The number of halogens is 5. The van der Waals surface area contributed by atoms with Crippen molar-refractivity contribution in [1.82, 2.24) is 19.8 Å². The third kappa shape index (κ3) is 6.56. The van der Waals surface area contributed by atoms with E-state index in [2.05, 4.69) is 10.3 Å². The zero-order chi connectivity index (χ0) is 31.6. The number of nitrogens with zero attached hydrogens (tertiary/aromatic N) is 3. The smallest absolute Gasteiger partial charge is 0.431 e. The summed E-state index contributed by atoms with van der Waals surface area (Å²) in [7, 11) is 4.47. The number of hydrogen-bond donors (Lipinski definition) is 2. The van der Waals surface area contributed by atoms with Crippen molar-refractivity contribution in [2.75, 3.05) is 20.6 Å². The van der Waals surface area contributed by atoms with Gasteiger partial charge in [0.05, 0.1) is 11.3 Å². The first-order valence-electron chi connectivity index (χ1n) is 13.0. The number of carbonyl (C=O) groups excluding carboxylic acids is 1. The summed E-state index contributed by atoms with van der Waals surface area (Å²) in [5.74, 6) is -5.06. The lowest BCUT2D eigenvalue weighted by atomic mass is 9.95. The summed E-state index contributed by atoms with van der Waals surface area (Å²) in [6.45, 7) is 0.285. The predicted octanol–water partition coefficient (Wildman–Crippen LogP) is 4.43. The zero-order valence-electron chi connectivity index (χ0n) is 23.3. The standard InChI is InChI=1S/C30H27F5N4O4/c1-38(2)13-11-17-14-20(28(41)39(3)26(17)30(33,34)35)25-19-7-4-6-16(18(19)10-12-36-25)15-23(29(42)43)37-27(40)24-21(31)8-5-9-22(24)32/h4-10,12,14,23H,11,13,15H2,1-3H3,(H,37,40)(H,42,43)/t23-/m0/s1. The maximum atomic E-state index is 14.1. The van der Waals surface area contributed by atoms with Crippen LogP contribution < -0.4 is 10.9 Å². The fourth-order valence-electron chi connectivity index (χ4n) is 4.91. The molecule has 0 aliphatic heterocycles. The average molecular weight is 603 g/mol. The maximum absolute atomic E-state index is 14.1. The normalized spacial score (nSPS) is 12.5. The Kier molecular flexibility index (Phi) is 8.95. The third-order valence-electron chi connectivity index (χ3n) is 6.96. The maximum Gasteiger partial charge on any atom is 0.431 e. The molecule has 2 aromatic carbocycles. The quantitative estimate of drug-likeness (QED) is 0.275. The van der Waals surface area contributed by atoms with Gasteiger partial charge in [0, 0.05) is 31.6 Å². The minimum atomic E-state index is -4.78. The van der Waals surface area contributed by atoms with Gasteiger partial charge in [-0.15, -0.1) is 0 Å². The monoisotopic (exact) mass is 602 g/mol. The minimum absolute atomic E-state index is 0.00156. The van der Waals surface area contributed by atoms with Crippen molar-refractivity contribution in [2.24, 2.45) is 7.05 Å². The van der Waals surface area contributed by atoms with Gasteiger partial charge in [0.1, 0.15) is 28.9 Å². The molecule has 13 heteroatoms. The van der Waals surface area contributed by atoms with Crippen LogP contribution in [0.3, 0.4) is 0 Å². The van der Waals surface area contributed by atoms with Crippen LogP contribution in [0, 0.1) is 11.6 Å². The van der Waals surface area contributed by atoms with Gasteiger partial charge < -0.3 is 19.9 Å². The number of amides is 1. The highest BCUT2D eigenvalue weighted by Crippen LogP contribution is 2.34. The van der Waals surface area contributed by atoms with E-state index in [1.54, 1.807) is 37.2 Å². The highest BCUT2D eigenvalue weighted by molar-refractivity contribution is 5.98. The number of fused-ring (bicyclic) bond motifs is 1. The van der Waals surface area contributed by atoms with Crippen LogP contribution in [-0.2, 0) is 30.9 Å². The van der Waals surface area contributed by atoms with E-state index in [1.807, 2.05) is 0 Å². The average Bonchev–Trinajstić information content (AvgIpc) is 2.92. The van der Waals surface area contributed by atoms with Crippen LogP contribution in [0.2, 0.25) is 0 Å². The number of nitrogens with one attached hydrogen (secondary N) is 1. The topological polar surface area (TPSA) is 105 Å². The molecule has 2 aromatic heterocycles. The van der Waals surface area contributed by atoms with E-state index in [9.17, 15) is 41.4 Å². The summed E-state index contributed by atoms with van der Waals surface area (Å²) in [4.78, 5) is 43.9. The Bertz CT molecular complexity index is 1750. The molecule has 2 N–H and O–H groups in total. The van der Waals surface area contributed by atoms with Crippen LogP contribution in [0.15, 0.2) is 59.5 Å². The van der Waals surface area contributed by atoms with Gasteiger partial charge in [-0.05, 0) is 61.3 Å². The van der Waals surface area contributed by atoms with Crippen molar-refractivity contribution < 1.29 is 36.6 Å². The third-order valence-corrected chi connectivity index (χ3v) is 6.96. The molecule has 0 aliphatic carbocycles. The molecule has 0 spiro atoms. The molecule has 4 rings (SSSR count). The van der Waals surface area contributed by atoms with E-state index >= 15 is 0 Å². The van der Waals surface area contributed by atoms with Gasteiger partial charge >= 0.3 is 12.1 Å². The van der Waals surface area contributed by atoms with Crippen molar-refractivity contribution in [2.45, 2.75) is 25.1 Å². The first-order valence-corrected chi connectivity index (χ1v) is 13.0. The first-order chi connectivity index (χ1) is 20.2. The van der Waals surface area contributed by atoms with Gasteiger partial charge in [-0.2, -0.15) is 13.2 Å². The second-order valence-corrected chi connectivity index (χ2v) is 10.2. The van der Waals surface area contributed by atoms with E-state index in [-0.39, 0.29) is 36.2 Å². The van der Waals surface area contributed by atoms with E-state index in [1.165, 1.54) is 18.3 Å². The number of carbonyl (C=O) groups is 2. The molecular weight excluding hydrogens is 575 g/mol. The van der Waals surface area contributed by atoms with Gasteiger partial charge in [0.25, 0.3) is 11.5 Å². The highest BCUT2D eigenvalue weighted by Gasteiger charge is 2.37. The van der Waals surface area contributed by atoms with E-state index in [4.69, 9.17) is 0 Å². The summed E-state index contributed by atoms with van der Waals surface area (Å²) < 4.78 is 70.7. The number of aromatic nitrogens is 2. The number of rotatable bonds is 9. The van der Waals surface area contributed by atoms with E-state index in [0.29, 0.717) is 20.9 Å². The van der Waals surface area contributed by atoms with E-state index in [0.717, 1.165) is 25.2 Å². The molecule has 0 unspecified atom stereocenters. The van der Waals surface area contributed by atoms with Gasteiger partial charge in [-0.3, -0.25) is 14.6 Å². The molecule has 226 valence electrons. The second-order valence-electron chi connectivity index (χ2n) is 10.2. The molecule has 4 aromatic rings. The molecule has 0 radical (unpaired) electrons. The fourth-order valence-corrected chi connectivity index (χ4v) is 4.91. The van der Waals surface area contributed by atoms with Crippen molar-refractivity contribution in [3.63, 3.8) is 0 Å². The molecular formula is C30H27F5N4O4. The lowest BCUT2D eigenvalue weighted by molar-refractivity contribution is -0.144. The lowest BCUT2D eigenvalue weighted by Crippen LogP contribution is -2.43. The van der Waals surface area contributed by atoms with Crippen molar-refractivity contribution in [3.8, 4) is 11.3 Å². The van der Waals surface area contributed by atoms with Gasteiger partial charge in [0.15, 0.2) is 0 Å². The number of aliphatic carboxylic acids is 1. The fraction of sp³-hybridized carbons (Fsp3) is 0.267. The van der Waals surface area contributed by atoms with Gasteiger partial charge in [-0.25, -0.2) is 13.6 Å². The first kappa shape index (κ1) is 31.3. The van der Waals surface area contributed by atoms with Crippen LogP contribution in [0.5, 0.6) is 0 Å². The largest absolute Gasteiger partial charge is 0.480 e. The predicted molar refractivity (Wildman–Crippen MR) is 149 cm³/mol. The van der Waals surface area contributed by atoms with Crippen LogP contribution in [0.1, 0.15) is 27.2 Å². The summed E-state index contributed by atoms with van der Waals surface area (Å²) in [6, 6.07) is 8.60. The Balaban J connectivity index is 1.79. The molecule has 1 amide bonds. The molecule has 1 atom stereocenters. The Labute approximate surface area is 242 Å². The van der Waals surface area contributed by atoms with Crippen LogP contribution in [0.4, 0.5) is 22.0 Å². The Hall–Kier alpha value is -4.65. The molecule has 2 heterocycles.